The lowest BCUT2D eigenvalue weighted by Crippen LogP contribution is -2.46. The Labute approximate surface area is 305 Å². The zero-order chi connectivity index (χ0) is 37.0. The summed E-state index contributed by atoms with van der Waals surface area (Å²) in [4.78, 5) is 22.7. The van der Waals surface area contributed by atoms with Gasteiger partial charge in [-0.3, -0.25) is 13.8 Å². The molecule has 10 heteroatoms. The number of phosphoric ester groups is 1. The number of amides is 1. The number of carbonyl (C=O) groups is 1. The van der Waals surface area contributed by atoms with Crippen molar-refractivity contribution in [2.24, 2.45) is 5.73 Å². The van der Waals surface area contributed by atoms with E-state index >= 15 is 0 Å². The lowest BCUT2D eigenvalue weighted by molar-refractivity contribution is -0.124. The Morgan fingerprint density at radius 1 is 0.680 bits per heavy atom. The molecule has 1 amide bonds. The van der Waals surface area contributed by atoms with E-state index in [1.165, 1.54) is 70.6 Å². The van der Waals surface area contributed by atoms with Gasteiger partial charge < -0.3 is 26.2 Å². The summed E-state index contributed by atoms with van der Waals surface area (Å²) < 4.78 is 22.0. The fraction of sp³-hybridized carbons (Fsp3) is 0.775. The van der Waals surface area contributed by atoms with Crippen LogP contribution in [0.15, 0.2) is 48.6 Å². The quantitative estimate of drug-likeness (QED) is 0.0243. The minimum Gasteiger partial charge on any atom is -0.393 e. The number of carbonyl (C=O) groups excluding carboxylic acids is 1. The summed E-state index contributed by atoms with van der Waals surface area (Å²) in [5.41, 5.74) is 5.34. The Bertz CT molecular complexity index is 941. The van der Waals surface area contributed by atoms with Crippen LogP contribution in [0.5, 0.6) is 0 Å². The van der Waals surface area contributed by atoms with Gasteiger partial charge in [0.25, 0.3) is 0 Å². The van der Waals surface area contributed by atoms with Crippen LogP contribution in [0.1, 0.15) is 162 Å². The van der Waals surface area contributed by atoms with Gasteiger partial charge in [-0.25, -0.2) is 4.57 Å². The number of hydrogen-bond donors (Lipinski definition) is 5. The molecule has 0 aromatic heterocycles. The lowest BCUT2D eigenvalue weighted by atomic mass is 10.0. The molecule has 0 aliphatic heterocycles. The number of allylic oxidation sites excluding steroid dienone is 7. The van der Waals surface area contributed by atoms with E-state index in [0.717, 1.165) is 57.8 Å². The van der Waals surface area contributed by atoms with Gasteiger partial charge in [-0.1, -0.05) is 133 Å². The van der Waals surface area contributed by atoms with Gasteiger partial charge in [0.1, 0.15) is 0 Å². The maximum Gasteiger partial charge on any atom is 0.472 e. The van der Waals surface area contributed by atoms with E-state index in [-0.39, 0.29) is 19.6 Å². The van der Waals surface area contributed by atoms with Crippen LogP contribution in [0.25, 0.3) is 0 Å². The standard InChI is InChI=1S/C40H75N2O7P/c1-3-5-7-9-11-13-15-17-18-20-21-23-25-27-29-31-37(43)35-40(45)42-38(36-49-50(46,47)48-34-33-41)39(44)32-30-28-26-24-22-19-16-14-12-10-8-6-4-2/h12,14,17-18,22,24,30,32,37-39,43-44H,3-11,13,15-16,19-21,23,25-29,31,33-36,41H2,1-2H3,(H,42,45)(H,46,47)/b14-12+,18-17-,24-22+,32-30+. The van der Waals surface area contributed by atoms with Crippen molar-refractivity contribution in [2.45, 2.75) is 180 Å². The molecule has 0 aliphatic carbocycles. The van der Waals surface area contributed by atoms with E-state index in [9.17, 15) is 24.5 Å². The number of aliphatic hydroxyl groups is 2. The fourth-order valence-electron chi connectivity index (χ4n) is 5.38. The smallest absolute Gasteiger partial charge is 0.393 e. The predicted molar refractivity (Wildman–Crippen MR) is 209 cm³/mol. The molecule has 0 aromatic rings. The van der Waals surface area contributed by atoms with Crippen molar-refractivity contribution < 1.29 is 33.5 Å². The van der Waals surface area contributed by atoms with Crippen molar-refractivity contribution >= 4 is 13.7 Å². The fourth-order valence-corrected chi connectivity index (χ4v) is 6.14. The van der Waals surface area contributed by atoms with Crippen LogP contribution < -0.4 is 11.1 Å². The first-order chi connectivity index (χ1) is 24.3. The number of unbranched alkanes of at least 4 members (excludes halogenated alkanes) is 16. The highest BCUT2D eigenvalue weighted by Crippen LogP contribution is 2.43. The van der Waals surface area contributed by atoms with E-state index in [1.807, 2.05) is 6.08 Å². The Morgan fingerprint density at radius 3 is 1.70 bits per heavy atom. The van der Waals surface area contributed by atoms with Gasteiger partial charge in [-0.2, -0.15) is 0 Å². The number of nitrogens with one attached hydrogen (secondary N) is 1. The summed E-state index contributed by atoms with van der Waals surface area (Å²) in [5.74, 6) is -0.468. The van der Waals surface area contributed by atoms with Crippen LogP contribution in [0.4, 0.5) is 0 Å². The Balaban J connectivity index is 4.47. The van der Waals surface area contributed by atoms with E-state index in [0.29, 0.717) is 12.8 Å². The molecule has 0 radical (unpaired) electrons. The summed E-state index contributed by atoms with van der Waals surface area (Å²) >= 11 is 0. The molecule has 0 rings (SSSR count). The minimum atomic E-state index is -4.41. The van der Waals surface area contributed by atoms with Gasteiger partial charge >= 0.3 is 7.82 Å². The van der Waals surface area contributed by atoms with Gasteiger partial charge in [-0.15, -0.1) is 0 Å². The molecule has 0 heterocycles. The molecule has 292 valence electrons. The van der Waals surface area contributed by atoms with Gasteiger partial charge in [0, 0.05) is 6.54 Å². The molecule has 0 spiro atoms. The van der Waals surface area contributed by atoms with Crippen LogP contribution >= 0.6 is 7.82 Å². The average molecular weight is 727 g/mol. The molecule has 0 aromatic carbocycles. The molecule has 0 saturated heterocycles. The molecule has 9 nitrogen and oxygen atoms in total. The normalized spacial score (nSPS) is 15.4. The van der Waals surface area contributed by atoms with Crippen molar-refractivity contribution in [1.82, 2.24) is 5.32 Å². The van der Waals surface area contributed by atoms with Gasteiger partial charge in [0.15, 0.2) is 0 Å². The van der Waals surface area contributed by atoms with Crippen LogP contribution in [0.2, 0.25) is 0 Å². The predicted octanol–water partition coefficient (Wildman–Crippen LogP) is 9.52. The first-order valence-corrected chi connectivity index (χ1v) is 21.3. The van der Waals surface area contributed by atoms with Crippen molar-refractivity contribution in [1.29, 1.82) is 0 Å². The van der Waals surface area contributed by atoms with Gasteiger partial charge in [0.05, 0.1) is 37.9 Å². The highest BCUT2D eigenvalue weighted by Gasteiger charge is 2.27. The van der Waals surface area contributed by atoms with E-state index in [4.69, 9.17) is 14.8 Å². The Hall–Kier alpha value is -1.58. The maximum atomic E-state index is 12.8. The summed E-state index contributed by atoms with van der Waals surface area (Å²) in [6.45, 7) is 3.87. The molecular weight excluding hydrogens is 651 g/mol. The zero-order valence-electron chi connectivity index (χ0n) is 31.7. The highest BCUT2D eigenvalue weighted by atomic mass is 31.2. The molecule has 50 heavy (non-hydrogen) atoms. The minimum absolute atomic E-state index is 0.0399. The molecule has 4 unspecified atom stereocenters. The first kappa shape index (κ1) is 48.4. The van der Waals surface area contributed by atoms with Crippen LogP contribution in [0.3, 0.4) is 0 Å². The molecule has 0 aliphatic rings. The third-order valence-electron chi connectivity index (χ3n) is 8.41. The Kier molecular flexibility index (Phi) is 34.7. The van der Waals surface area contributed by atoms with Crippen LogP contribution in [-0.4, -0.2) is 59.0 Å². The van der Waals surface area contributed by atoms with Crippen LogP contribution in [0, 0.1) is 0 Å². The number of hydrogen-bond acceptors (Lipinski definition) is 7. The number of rotatable bonds is 36. The van der Waals surface area contributed by atoms with Crippen molar-refractivity contribution in [3.05, 3.63) is 48.6 Å². The third-order valence-corrected chi connectivity index (χ3v) is 9.39. The zero-order valence-corrected chi connectivity index (χ0v) is 32.6. The summed E-state index contributed by atoms with van der Waals surface area (Å²) in [6.07, 6.45) is 39.1. The SMILES string of the molecule is CCCCC/C=C/CC/C=C/CC/C=C/C(O)C(COP(=O)(O)OCCN)NC(=O)CC(O)CCCCCCC/C=C\CCCCCCCC. The number of nitrogens with two attached hydrogens (primary N) is 1. The van der Waals surface area contributed by atoms with Crippen molar-refractivity contribution in [3.63, 3.8) is 0 Å². The lowest BCUT2D eigenvalue weighted by Gasteiger charge is -2.24. The maximum absolute atomic E-state index is 12.8. The number of phosphoric acid groups is 1. The molecule has 0 saturated carbocycles. The summed E-state index contributed by atoms with van der Waals surface area (Å²) in [6, 6.07) is -1.01. The second-order valence-corrected chi connectivity index (χ2v) is 14.8. The largest absolute Gasteiger partial charge is 0.472 e. The average Bonchev–Trinajstić information content (AvgIpc) is 3.09. The molecule has 0 fully saturated rings. The first-order valence-electron chi connectivity index (χ1n) is 19.8. The Morgan fingerprint density at radius 2 is 1.14 bits per heavy atom. The van der Waals surface area contributed by atoms with E-state index < -0.39 is 38.6 Å². The van der Waals surface area contributed by atoms with Crippen LogP contribution in [-0.2, 0) is 18.4 Å². The second kappa shape index (κ2) is 35.8. The van der Waals surface area contributed by atoms with Crippen molar-refractivity contribution in [2.75, 3.05) is 19.8 Å². The van der Waals surface area contributed by atoms with Crippen molar-refractivity contribution in [3.8, 4) is 0 Å². The molecule has 4 atom stereocenters. The summed E-state index contributed by atoms with van der Waals surface area (Å²) in [7, 11) is -4.41. The molecule has 0 bridgehead atoms. The molecule has 6 N–H and O–H groups in total. The molecular formula is C40H75N2O7P. The monoisotopic (exact) mass is 727 g/mol. The topological polar surface area (TPSA) is 151 Å². The second-order valence-electron chi connectivity index (χ2n) is 13.3. The van der Waals surface area contributed by atoms with Gasteiger partial charge in [0.2, 0.25) is 5.91 Å². The highest BCUT2D eigenvalue weighted by molar-refractivity contribution is 7.47. The van der Waals surface area contributed by atoms with E-state index in [1.54, 1.807) is 6.08 Å². The van der Waals surface area contributed by atoms with E-state index in [2.05, 4.69) is 55.6 Å². The summed E-state index contributed by atoms with van der Waals surface area (Å²) in [5, 5.41) is 23.9. The van der Waals surface area contributed by atoms with Gasteiger partial charge in [-0.05, 0) is 70.6 Å². The number of aliphatic hydroxyl groups excluding tert-OH is 2. The third kappa shape index (κ3) is 33.6.